The minimum atomic E-state index is 0.439. The van der Waals surface area contributed by atoms with Gasteiger partial charge in [0.2, 0.25) is 5.95 Å². The Morgan fingerprint density at radius 2 is 1.78 bits per heavy atom. The summed E-state index contributed by atoms with van der Waals surface area (Å²) in [7, 11) is 0. The van der Waals surface area contributed by atoms with Gasteiger partial charge in [0.1, 0.15) is 0 Å². The average Bonchev–Trinajstić information content (AvgIpc) is 3.20. The molecule has 7 heteroatoms. The summed E-state index contributed by atoms with van der Waals surface area (Å²) in [5.74, 6) is 1.04. The summed E-state index contributed by atoms with van der Waals surface area (Å²) in [6.07, 6.45) is 4.12. The van der Waals surface area contributed by atoms with Crippen molar-refractivity contribution < 1.29 is 0 Å². The number of hydrogen-bond donors (Lipinski definition) is 2. The Morgan fingerprint density at radius 1 is 1.00 bits per heavy atom. The largest absolute Gasteiger partial charge is 0.372 e. The highest BCUT2D eigenvalue weighted by atomic mass is 35.5. The van der Waals surface area contributed by atoms with Gasteiger partial charge in [0.15, 0.2) is 5.82 Å². The molecule has 0 bridgehead atoms. The van der Waals surface area contributed by atoms with Gasteiger partial charge < -0.3 is 15.5 Å². The van der Waals surface area contributed by atoms with Crippen LogP contribution in [0.5, 0.6) is 0 Å². The summed E-state index contributed by atoms with van der Waals surface area (Å²) in [6, 6.07) is 14.0. The molecule has 0 amide bonds. The molecule has 1 fully saturated rings. The number of aromatic nitrogens is 3. The first-order chi connectivity index (χ1) is 13.2. The van der Waals surface area contributed by atoms with Crippen LogP contribution in [0.3, 0.4) is 0 Å². The molecule has 2 N–H and O–H groups in total. The molecule has 138 valence electrons. The minimum Gasteiger partial charge on any atom is -0.372 e. The zero-order chi connectivity index (χ0) is 18.6. The zero-order valence-electron chi connectivity index (χ0n) is 15.1. The lowest BCUT2D eigenvalue weighted by atomic mass is 10.2. The van der Waals surface area contributed by atoms with Crippen LogP contribution in [0.2, 0.25) is 5.02 Å². The standard InChI is InChI=1S/C20H21ClN6/c1-14-4-5-15(21)12-18(14)24-19-13-22-26-20(25-19)23-16-6-8-17(9-7-16)27-10-2-3-11-27/h4-9,12-13H,2-3,10-11H2,1H3,(H2,23,24,25,26). The number of benzene rings is 2. The van der Waals surface area contributed by atoms with Gasteiger partial charge >= 0.3 is 0 Å². The topological polar surface area (TPSA) is 66.0 Å². The molecule has 6 nitrogen and oxygen atoms in total. The van der Waals surface area contributed by atoms with Crippen LogP contribution < -0.4 is 15.5 Å². The van der Waals surface area contributed by atoms with Crippen molar-refractivity contribution in [2.75, 3.05) is 28.6 Å². The molecular weight excluding hydrogens is 360 g/mol. The van der Waals surface area contributed by atoms with Crippen molar-refractivity contribution in [3.05, 3.63) is 59.2 Å². The number of anilines is 5. The molecule has 4 rings (SSSR count). The predicted octanol–water partition coefficient (Wildman–Crippen LogP) is 4.92. The van der Waals surface area contributed by atoms with Gasteiger partial charge in [-0.1, -0.05) is 17.7 Å². The van der Waals surface area contributed by atoms with E-state index >= 15 is 0 Å². The monoisotopic (exact) mass is 380 g/mol. The Labute approximate surface area is 163 Å². The third-order valence-electron chi connectivity index (χ3n) is 4.62. The van der Waals surface area contributed by atoms with Gasteiger partial charge in [-0.3, -0.25) is 0 Å². The van der Waals surface area contributed by atoms with Crippen molar-refractivity contribution in [3.63, 3.8) is 0 Å². The van der Waals surface area contributed by atoms with E-state index in [0.29, 0.717) is 16.8 Å². The van der Waals surface area contributed by atoms with Gasteiger partial charge in [-0.2, -0.15) is 10.1 Å². The summed E-state index contributed by atoms with van der Waals surface area (Å²) in [5.41, 5.74) is 4.15. The maximum Gasteiger partial charge on any atom is 0.249 e. The van der Waals surface area contributed by atoms with E-state index in [-0.39, 0.29) is 0 Å². The Bertz CT molecular complexity index is 922. The van der Waals surface area contributed by atoms with Crippen LogP contribution in [0.15, 0.2) is 48.7 Å². The molecule has 3 aromatic rings. The van der Waals surface area contributed by atoms with E-state index in [9.17, 15) is 0 Å². The van der Waals surface area contributed by atoms with Crippen molar-refractivity contribution in [2.45, 2.75) is 19.8 Å². The van der Waals surface area contributed by atoms with Crippen molar-refractivity contribution in [3.8, 4) is 0 Å². The number of halogens is 1. The summed E-state index contributed by atoms with van der Waals surface area (Å²) < 4.78 is 0. The molecule has 0 radical (unpaired) electrons. The first-order valence-corrected chi connectivity index (χ1v) is 9.40. The average molecular weight is 381 g/mol. The number of nitrogens with one attached hydrogen (secondary N) is 2. The van der Waals surface area contributed by atoms with Crippen molar-refractivity contribution in [1.29, 1.82) is 0 Å². The quantitative estimate of drug-likeness (QED) is 0.654. The third-order valence-corrected chi connectivity index (χ3v) is 4.85. The fourth-order valence-corrected chi connectivity index (χ4v) is 3.32. The Balaban J connectivity index is 1.46. The molecule has 1 aliphatic rings. The van der Waals surface area contributed by atoms with Crippen LogP contribution in [-0.2, 0) is 0 Å². The second-order valence-electron chi connectivity index (χ2n) is 6.62. The van der Waals surface area contributed by atoms with Crippen LogP contribution >= 0.6 is 11.6 Å². The molecule has 27 heavy (non-hydrogen) atoms. The zero-order valence-corrected chi connectivity index (χ0v) is 15.9. The molecular formula is C20H21ClN6. The number of aryl methyl sites for hydroxylation is 1. The maximum absolute atomic E-state index is 6.08. The van der Waals surface area contributed by atoms with E-state index < -0.39 is 0 Å². The molecule has 0 unspecified atom stereocenters. The van der Waals surface area contributed by atoms with E-state index in [4.69, 9.17) is 11.6 Å². The fourth-order valence-electron chi connectivity index (χ4n) is 3.14. The van der Waals surface area contributed by atoms with E-state index in [1.807, 2.05) is 37.3 Å². The molecule has 2 aromatic carbocycles. The Morgan fingerprint density at radius 3 is 2.56 bits per heavy atom. The normalized spacial score (nSPS) is 13.6. The lowest BCUT2D eigenvalue weighted by Crippen LogP contribution is -2.17. The smallest absolute Gasteiger partial charge is 0.249 e. The van der Waals surface area contributed by atoms with Crippen molar-refractivity contribution >= 4 is 40.4 Å². The van der Waals surface area contributed by atoms with E-state index in [1.165, 1.54) is 18.5 Å². The van der Waals surface area contributed by atoms with Gasteiger partial charge in [0.25, 0.3) is 0 Å². The molecule has 0 atom stereocenters. The van der Waals surface area contributed by atoms with E-state index in [0.717, 1.165) is 30.0 Å². The molecule has 0 aliphatic carbocycles. The van der Waals surface area contributed by atoms with Gasteiger partial charge in [-0.15, -0.1) is 5.10 Å². The fraction of sp³-hybridized carbons (Fsp3) is 0.250. The molecule has 0 spiro atoms. The van der Waals surface area contributed by atoms with E-state index in [1.54, 1.807) is 6.20 Å². The highest BCUT2D eigenvalue weighted by Crippen LogP contribution is 2.25. The van der Waals surface area contributed by atoms with Crippen molar-refractivity contribution in [1.82, 2.24) is 15.2 Å². The van der Waals surface area contributed by atoms with Gasteiger partial charge in [-0.25, -0.2) is 0 Å². The summed E-state index contributed by atoms with van der Waals surface area (Å²) in [5, 5.41) is 15.2. The number of rotatable bonds is 5. The van der Waals surface area contributed by atoms with Gasteiger partial charge in [0.05, 0.1) is 6.20 Å². The first-order valence-electron chi connectivity index (χ1n) is 9.02. The second-order valence-corrected chi connectivity index (χ2v) is 7.05. The van der Waals surface area contributed by atoms with Crippen LogP contribution in [0.25, 0.3) is 0 Å². The van der Waals surface area contributed by atoms with Crippen LogP contribution in [0, 0.1) is 6.92 Å². The Kier molecular flexibility index (Phi) is 5.07. The molecule has 1 aromatic heterocycles. The maximum atomic E-state index is 6.08. The number of hydrogen-bond acceptors (Lipinski definition) is 6. The third kappa shape index (κ3) is 4.28. The van der Waals surface area contributed by atoms with Gasteiger partial charge in [0, 0.05) is 35.2 Å². The minimum absolute atomic E-state index is 0.439. The summed E-state index contributed by atoms with van der Waals surface area (Å²) in [4.78, 5) is 6.89. The molecule has 1 saturated heterocycles. The highest BCUT2D eigenvalue weighted by Gasteiger charge is 2.12. The second kappa shape index (κ2) is 7.80. The van der Waals surface area contributed by atoms with Crippen molar-refractivity contribution in [2.24, 2.45) is 0 Å². The Hall–Kier alpha value is -2.86. The predicted molar refractivity (Wildman–Crippen MR) is 110 cm³/mol. The molecule has 1 aliphatic heterocycles. The lowest BCUT2D eigenvalue weighted by Gasteiger charge is -2.17. The molecule has 2 heterocycles. The summed E-state index contributed by atoms with van der Waals surface area (Å²) >= 11 is 6.08. The van der Waals surface area contributed by atoms with Crippen LogP contribution in [0.4, 0.5) is 28.8 Å². The lowest BCUT2D eigenvalue weighted by molar-refractivity contribution is 0.949. The molecule has 0 saturated carbocycles. The SMILES string of the molecule is Cc1ccc(Cl)cc1Nc1cnnc(Nc2ccc(N3CCCC3)cc2)n1. The number of nitrogens with zero attached hydrogens (tertiary/aromatic N) is 4. The summed E-state index contributed by atoms with van der Waals surface area (Å²) in [6.45, 7) is 4.28. The van der Waals surface area contributed by atoms with Gasteiger partial charge in [-0.05, 0) is 61.7 Å². The highest BCUT2D eigenvalue weighted by molar-refractivity contribution is 6.30. The van der Waals surface area contributed by atoms with Crippen LogP contribution in [0.1, 0.15) is 18.4 Å². The van der Waals surface area contributed by atoms with Crippen LogP contribution in [-0.4, -0.2) is 28.3 Å². The first kappa shape index (κ1) is 17.5. The van der Waals surface area contributed by atoms with E-state index in [2.05, 4.69) is 42.8 Å².